The lowest BCUT2D eigenvalue weighted by atomic mass is 9.55. The maximum absolute atomic E-state index is 3.67. The summed E-state index contributed by atoms with van der Waals surface area (Å²) in [6.45, 7) is 9.33. The smallest absolute Gasteiger partial charge is 0.0741 e. The average molecular weight is 420 g/mol. The second-order valence-electron chi connectivity index (χ2n) is 8.92. The summed E-state index contributed by atoms with van der Waals surface area (Å²) in [6.07, 6.45) is 6.10. The van der Waals surface area contributed by atoms with Crippen molar-refractivity contribution >= 4 is 35.3 Å². The molecule has 0 amide bonds. The van der Waals surface area contributed by atoms with Crippen LogP contribution in [0.4, 0.5) is 5.69 Å². The van der Waals surface area contributed by atoms with Gasteiger partial charge >= 0.3 is 0 Å². The van der Waals surface area contributed by atoms with E-state index in [0.717, 1.165) is 0 Å². The maximum atomic E-state index is 3.67. The van der Waals surface area contributed by atoms with Crippen LogP contribution in [0.25, 0.3) is 6.08 Å². The summed E-state index contributed by atoms with van der Waals surface area (Å²) in [6, 6.07) is 14.4. The van der Waals surface area contributed by atoms with Crippen LogP contribution in [0.2, 0.25) is 0 Å². The third-order valence-electron chi connectivity index (χ3n) is 7.13. The minimum absolute atomic E-state index is 0.0647. The molecule has 2 aliphatic heterocycles. The first kappa shape index (κ1) is 19.4. The monoisotopic (exact) mass is 419 g/mol. The molecule has 2 heterocycles. The van der Waals surface area contributed by atoms with E-state index in [4.69, 9.17) is 0 Å². The molecule has 1 fully saturated rings. The Morgan fingerprint density at radius 3 is 2.41 bits per heavy atom. The summed E-state index contributed by atoms with van der Waals surface area (Å²) in [5, 5.41) is 4.13. The van der Waals surface area contributed by atoms with E-state index in [2.05, 4.69) is 81.2 Å². The minimum atomic E-state index is 0.0647. The molecule has 0 aromatic heterocycles. The van der Waals surface area contributed by atoms with Gasteiger partial charge < -0.3 is 5.32 Å². The highest BCUT2D eigenvalue weighted by atomic mass is 32.2. The van der Waals surface area contributed by atoms with E-state index in [-0.39, 0.29) is 5.41 Å². The standard InChI is InChI=1S/C26H29NS2/c1-16-6-5-7-17(2)26(16,22-11-13-25-23(15-22)27-19(4)29-25)21-10-12-24-20(14-21)9-8-18(3)28-24/h9-17,19,27H,5-7H2,1-4H3. The molecular weight excluding hydrogens is 390 g/mol. The highest BCUT2D eigenvalue weighted by Crippen LogP contribution is 2.54. The second-order valence-corrected chi connectivity index (χ2v) is 11.6. The number of rotatable bonds is 2. The van der Waals surface area contributed by atoms with Crippen molar-refractivity contribution in [1.82, 2.24) is 0 Å². The Balaban J connectivity index is 1.70. The van der Waals surface area contributed by atoms with Gasteiger partial charge in [-0.05, 0) is 85.6 Å². The Kier molecular flexibility index (Phi) is 4.89. The van der Waals surface area contributed by atoms with E-state index in [1.807, 2.05) is 23.5 Å². The summed E-state index contributed by atoms with van der Waals surface area (Å²) in [5.74, 6) is 1.23. The van der Waals surface area contributed by atoms with E-state index < -0.39 is 0 Å². The van der Waals surface area contributed by atoms with Crippen LogP contribution in [0.3, 0.4) is 0 Å². The van der Waals surface area contributed by atoms with Gasteiger partial charge in [0.1, 0.15) is 0 Å². The fourth-order valence-corrected chi connectivity index (χ4v) is 7.58. The van der Waals surface area contributed by atoms with Crippen molar-refractivity contribution in [3.8, 4) is 0 Å². The van der Waals surface area contributed by atoms with Crippen molar-refractivity contribution < 1.29 is 0 Å². The topological polar surface area (TPSA) is 12.0 Å². The van der Waals surface area contributed by atoms with Crippen molar-refractivity contribution in [2.75, 3.05) is 5.32 Å². The summed E-state index contributed by atoms with van der Waals surface area (Å²) in [4.78, 5) is 3.99. The second kappa shape index (κ2) is 7.30. The van der Waals surface area contributed by atoms with E-state index in [0.29, 0.717) is 17.2 Å². The van der Waals surface area contributed by atoms with E-state index in [1.165, 1.54) is 56.3 Å². The number of allylic oxidation sites excluding steroid dienone is 1. The number of nitrogens with one attached hydrogen (secondary N) is 1. The first-order valence-corrected chi connectivity index (χ1v) is 12.5. The predicted molar refractivity (Wildman–Crippen MR) is 128 cm³/mol. The summed E-state index contributed by atoms with van der Waals surface area (Å²) in [5.41, 5.74) is 9.09. The van der Waals surface area contributed by atoms with Crippen LogP contribution in [-0.2, 0) is 5.41 Å². The van der Waals surface area contributed by atoms with Crippen LogP contribution in [0, 0.1) is 11.8 Å². The van der Waals surface area contributed by atoms with Crippen LogP contribution in [0.1, 0.15) is 63.6 Å². The molecule has 0 spiro atoms. The number of benzene rings is 2. The van der Waals surface area contributed by atoms with Gasteiger partial charge in [0.05, 0.1) is 5.37 Å². The van der Waals surface area contributed by atoms with Gasteiger partial charge in [-0.15, -0.1) is 5.73 Å². The molecule has 1 nitrogen and oxygen atoms in total. The molecule has 1 saturated carbocycles. The Morgan fingerprint density at radius 1 is 0.966 bits per heavy atom. The maximum Gasteiger partial charge on any atom is 0.0741 e. The Bertz CT molecular complexity index is 1020. The zero-order valence-electron chi connectivity index (χ0n) is 17.7. The highest BCUT2D eigenvalue weighted by Gasteiger charge is 2.46. The molecule has 3 heteroatoms. The third-order valence-corrected chi connectivity index (χ3v) is 9.23. The van der Waals surface area contributed by atoms with Gasteiger partial charge in [0.25, 0.3) is 0 Å². The summed E-state index contributed by atoms with van der Waals surface area (Å²) < 4.78 is 0. The van der Waals surface area contributed by atoms with Crippen LogP contribution in [-0.4, -0.2) is 5.37 Å². The van der Waals surface area contributed by atoms with E-state index in [9.17, 15) is 0 Å². The molecule has 5 rings (SSSR count). The van der Waals surface area contributed by atoms with Gasteiger partial charge in [0.2, 0.25) is 0 Å². The van der Waals surface area contributed by atoms with E-state index >= 15 is 0 Å². The number of anilines is 1. The van der Waals surface area contributed by atoms with Crippen molar-refractivity contribution in [3.05, 3.63) is 63.7 Å². The number of hydrogen-bond acceptors (Lipinski definition) is 3. The third kappa shape index (κ3) is 3.10. The predicted octanol–water partition coefficient (Wildman–Crippen LogP) is 7.91. The zero-order valence-corrected chi connectivity index (χ0v) is 19.3. The summed E-state index contributed by atoms with van der Waals surface area (Å²) in [7, 11) is 0. The average Bonchev–Trinajstić information content (AvgIpc) is 3.07. The van der Waals surface area contributed by atoms with Crippen molar-refractivity contribution in [1.29, 1.82) is 0 Å². The Labute approximate surface area is 183 Å². The molecule has 3 atom stereocenters. The molecule has 3 aliphatic rings. The SMILES string of the molecule is CC1=C=Cc2cc(C3(c4ccc5c(c4)NC(C)S5)C(C)CCCC3C)ccc2S1. The quantitative estimate of drug-likeness (QED) is 0.497. The number of thioether (sulfide) groups is 2. The first-order valence-electron chi connectivity index (χ1n) is 10.8. The first-order chi connectivity index (χ1) is 14.0. The normalized spacial score (nSPS) is 30.3. The van der Waals surface area contributed by atoms with Gasteiger partial charge in [-0.25, -0.2) is 0 Å². The van der Waals surface area contributed by atoms with Gasteiger partial charge in [-0.2, -0.15) is 0 Å². The lowest BCUT2D eigenvalue weighted by molar-refractivity contribution is 0.167. The molecule has 0 bridgehead atoms. The Morgan fingerprint density at radius 2 is 1.66 bits per heavy atom. The number of hydrogen-bond donors (Lipinski definition) is 1. The minimum Gasteiger partial charge on any atom is -0.372 e. The molecule has 2 aromatic rings. The van der Waals surface area contributed by atoms with Gasteiger partial charge in [0, 0.05) is 25.8 Å². The highest BCUT2D eigenvalue weighted by molar-refractivity contribution is 8.03. The van der Waals surface area contributed by atoms with Crippen LogP contribution >= 0.6 is 23.5 Å². The lowest BCUT2D eigenvalue weighted by Gasteiger charge is -2.49. The molecule has 0 saturated heterocycles. The molecule has 150 valence electrons. The molecule has 1 N–H and O–H groups in total. The number of fused-ring (bicyclic) bond motifs is 2. The largest absolute Gasteiger partial charge is 0.372 e. The fourth-order valence-electron chi connectivity index (χ4n) is 5.80. The molecular formula is C26H29NS2. The van der Waals surface area contributed by atoms with Gasteiger partial charge in [0.15, 0.2) is 0 Å². The van der Waals surface area contributed by atoms with Crippen molar-refractivity contribution in [3.63, 3.8) is 0 Å². The Hall–Kier alpha value is -1.54. The molecule has 29 heavy (non-hydrogen) atoms. The zero-order chi connectivity index (χ0) is 20.2. The van der Waals surface area contributed by atoms with E-state index in [1.54, 1.807) is 0 Å². The molecule has 3 unspecified atom stereocenters. The van der Waals surface area contributed by atoms with Crippen LogP contribution in [0.15, 0.2) is 56.8 Å². The summed E-state index contributed by atoms with van der Waals surface area (Å²) >= 11 is 3.77. The van der Waals surface area contributed by atoms with Gasteiger partial charge in [-0.1, -0.05) is 55.9 Å². The lowest BCUT2D eigenvalue weighted by Crippen LogP contribution is -2.44. The fraction of sp³-hybridized carbons (Fsp3) is 0.423. The van der Waals surface area contributed by atoms with Crippen LogP contribution in [0.5, 0.6) is 0 Å². The van der Waals surface area contributed by atoms with Crippen molar-refractivity contribution in [2.45, 2.75) is 67.5 Å². The molecule has 1 aliphatic carbocycles. The molecule has 0 radical (unpaired) electrons. The van der Waals surface area contributed by atoms with Gasteiger partial charge in [-0.3, -0.25) is 0 Å². The van der Waals surface area contributed by atoms with Crippen LogP contribution < -0.4 is 5.32 Å². The van der Waals surface area contributed by atoms with Crippen molar-refractivity contribution in [2.24, 2.45) is 11.8 Å². The molecule has 2 aromatic carbocycles.